The van der Waals surface area contributed by atoms with E-state index in [0.29, 0.717) is 5.69 Å². The van der Waals surface area contributed by atoms with E-state index >= 15 is 0 Å². The van der Waals surface area contributed by atoms with Crippen LogP contribution in [0.15, 0.2) is 48.5 Å². The van der Waals surface area contributed by atoms with Gasteiger partial charge in [-0.05, 0) is 30.3 Å². The molecule has 106 valence electrons. The van der Waals surface area contributed by atoms with Gasteiger partial charge in [0.1, 0.15) is 0 Å². The van der Waals surface area contributed by atoms with Crippen molar-refractivity contribution in [1.29, 1.82) is 0 Å². The number of nitrogens with one attached hydrogen (secondary N) is 1. The Hall–Kier alpha value is -2.05. The van der Waals surface area contributed by atoms with Gasteiger partial charge in [0.2, 0.25) is 0 Å². The molecule has 2 aromatic rings. The topological polar surface area (TPSA) is 52.5 Å². The molecule has 0 radical (unpaired) electrons. The number of benzene rings is 2. The van der Waals surface area contributed by atoms with Crippen molar-refractivity contribution in [3.05, 3.63) is 59.7 Å². The number of hydrogen-bond donors (Lipinski definition) is 3. The van der Waals surface area contributed by atoms with Gasteiger partial charge in [0.15, 0.2) is 6.29 Å². The maximum Gasteiger partial charge on any atom is 0.416 e. The Kier molecular flexibility index (Phi) is 3.96. The van der Waals surface area contributed by atoms with Gasteiger partial charge >= 0.3 is 6.18 Å². The lowest BCUT2D eigenvalue weighted by Crippen LogP contribution is -2.08. The molecule has 0 atom stereocenters. The third kappa shape index (κ3) is 3.28. The van der Waals surface area contributed by atoms with Crippen LogP contribution in [0.2, 0.25) is 0 Å². The Bertz CT molecular complexity index is 583. The lowest BCUT2D eigenvalue weighted by Gasteiger charge is -2.16. The molecule has 0 saturated heterocycles. The molecule has 0 bridgehead atoms. The molecule has 0 fully saturated rings. The maximum atomic E-state index is 12.6. The number of aliphatic hydroxyl groups is 2. The zero-order valence-electron chi connectivity index (χ0n) is 10.2. The third-order valence-corrected chi connectivity index (χ3v) is 2.71. The van der Waals surface area contributed by atoms with Gasteiger partial charge in [-0.1, -0.05) is 18.2 Å². The number of hydrogen-bond acceptors (Lipinski definition) is 3. The first-order valence-electron chi connectivity index (χ1n) is 5.77. The summed E-state index contributed by atoms with van der Waals surface area (Å²) in [5.41, 5.74) is -0.323. The summed E-state index contributed by atoms with van der Waals surface area (Å²) in [6.45, 7) is 0. The van der Waals surface area contributed by atoms with Crippen molar-refractivity contribution >= 4 is 11.4 Å². The first-order chi connectivity index (χ1) is 9.38. The van der Waals surface area contributed by atoms with Crippen molar-refractivity contribution < 1.29 is 23.4 Å². The van der Waals surface area contributed by atoms with Crippen molar-refractivity contribution in [3.63, 3.8) is 0 Å². The third-order valence-electron chi connectivity index (χ3n) is 2.71. The molecule has 6 heteroatoms. The second-order valence-electron chi connectivity index (χ2n) is 4.16. The van der Waals surface area contributed by atoms with E-state index in [1.807, 2.05) is 0 Å². The number of halogens is 3. The van der Waals surface area contributed by atoms with Crippen molar-refractivity contribution in [2.45, 2.75) is 12.5 Å². The minimum atomic E-state index is -4.53. The highest BCUT2D eigenvalue weighted by molar-refractivity contribution is 5.64. The predicted molar refractivity (Wildman–Crippen MR) is 68.3 cm³/mol. The average Bonchev–Trinajstić information content (AvgIpc) is 2.38. The molecule has 0 aliphatic rings. The molecule has 0 heterocycles. The first kappa shape index (κ1) is 14.4. The predicted octanol–water partition coefficient (Wildman–Crippen LogP) is 3.43. The van der Waals surface area contributed by atoms with E-state index < -0.39 is 18.0 Å². The van der Waals surface area contributed by atoms with E-state index in [0.717, 1.165) is 12.1 Å². The van der Waals surface area contributed by atoms with Crippen LogP contribution in [0.1, 0.15) is 17.4 Å². The van der Waals surface area contributed by atoms with Crippen molar-refractivity contribution in [3.8, 4) is 0 Å². The number of aliphatic hydroxyl groups excluding tert-OH is 1. The summed E-state index contributed by atoms with van der Waals surface area (Å²) in [4.78, 5) is 0. The highest BCUT2D eigenvalue weighted by Gasteiger charge is 2.31. The van der Waals surface area contributed by atoms with Crippen molar-refractivity contribution in [1.82, 2.24) is 0 Å². The summed E-state index contributed by atoms with van der Waals surface area (Å²) in [7, 11) is 0. The molecule has 3 nitrogen and oxygen atoms in total. The minimum absolute atomic E-state index is 0.208. The summed E-state index contributed by atoms with van der Waals surface area (Å²) >= 11 is 0. The zero-order chi connectivity index (χ0) is 14.8. The van der Waals surface area contributed by atoms with Gasteiger partial charge in [-0.25, -0.2) is 0 Å². The summed E-state index contributed by atoms with van der Waals surface area (Å²) in [5.74, 6) is 0. The fourth-order valence-electron chi connectivity index (χ4n) is 1.74. The van der Waals surface area contributed by atoms with Gasteiger partial charge in [-0.2, -0.15) is 13.2 Å². The number of para-hydroxylation sites is 1. The monoisotopic (exact) mass is 283 g/mol. The van der Waals surface area contributed by atoms with Gasteiger partial charge in [0.25, 0.3) is 0 Å². The summed E-state index contributed by atoms with van der Waals surface area (Å²) in [6.07, 6.45) is -6.53. The fourth-order valence-corrected chi connectivity index (χ4v) is 1.74. The highest BCUT2D eigenvalue weighted by atomic mass is 19.4. The quantitative estimate of drug-likeness (QED) is 0.756. The Labute approximate surface area is 113 Å². The molecule has 0 spiro atoms. The van der Waals surface area contributed by atoms with Gasteiger partial charge < -0.3 is 15.5 Å². The Balaban J connectivity index is 2.38. The van der Waals surface area contributed by atoms with Crippen LogP contribution >= 0.6 is 0 Å². The maximum absolute atomic E-state index is 12.6. The molecule has 0 aromatic heterocycles. The number of rotatable bonds is 3. The van der Waals surface area contributed by atoms with Crippen molar-refractivity contribution in [2.24, 2.45) is 0 Å². The fraction of sp³-hybridized carbons (Fsp3) is 0.143. The van der Waals surface area contributed by atoms with Crippen LogP contribution in [0.25, 0.3) is 0 Å². The van der Waals surface area contributed by atoms with Crippen LogP contribution in [-0.2, 0) is 6.18 Å². The standard InChI is InChI=1S/C14H12F3NO2/c15-14(16,17)9-6-7-12(11(8-9)13(19)20)18-10-4-2-1-3-5-10/h1-8,13,18-20H. The molecule has 0 amide bonds. The molecule has 20 heavy (non-hydrogen) atoms. The van der Waals surface area contributed by atoms with Crippen LogP contribution in [0.5, 0.6) is 0 Å². The SMILES string of the molecule is OC(O)c1cc(C(F)(F)F)ccc1Nc1ccccc1. The smallest absolute Gasteiger partial charge is 0.364 e. The molecule has 3 N–H and O–H groups in total. The molecule has 0 aliphatic carbocycles. The average molecular weight is 283 g/mol. The minimum Gasteiger partial charge on any atom is -0.364 e. The Morgan fingerprint density at radius 2 is 1.60 bits per heavy atom. The Morgan fingerprint density at radius 1 is 0.950 bits per heavy atom. The first-order valence-corrected chi connectivity index (χ1v) is 5.77. The van der Waals surface area contributed by atoms with Gasteiger partial charge in [-0.3, -0.25) is 0 Å². The molecular formula is C14H12F3NO2. The zero-order valence-corrected chi connectivity index (χ0v) is 10.2. The van der Waals surface area contributed by atoms with E-state index in [9.17, 15) is 23.4 Å². The van der Waals surface area contributed by atoms with E-state index in [-0.39, 0.29) is 11.3 Å². The largest absolute Gasteiger partial charge is 0.416 e. The molecule has 0 unspecified atom stereocenters. The van der Waals surface area contributed by atoms with Gasteiger partial charge in [-0.15, -0.1) is 0 Å². The normalized spacial score (nSPS) is 11.7. The van der Waals surface area contributed by atoms with Gasteiger partial charge in [0, 0.05) is 16.9 Å². The molecule has 2 rings (SSSR count). The van der Waals surface area contributed by atoms with Crippen LogP contribution in [0, 0.1) is 0 Å². The van der Waals surface area contributed by atoms with E-state index in [4.69, 9.17) is 0 Å². The molecule has 0 aliphatic heterocycles. The van der Waals surface area contributed by atoms with Crippen molar-refractivity contribution in [2.75, 3.05) is 5.32 Å². The molecular weight excluding hydrogens is 271 g/mol. The number of alkyl halides is 3. The van der Waals surface area contributed by atoms with Crippen LogP contribution in [0.4, 0.5) is 24.5 Å². The summed E-state index contributed by atoms with van der Waals surface area (Å²) in [5, 5.41) is 21.3. The summed E-state index contributed by atoms with van der Waals surface area (Å²) in [6, 6.07) is 11.5. The summed E-state index contributed by atoms with van der Waals surface area (Å²) < 4.78 is 37.8. The molecule has 2 aromatic carbocycles. The highest BCUT2D eigenvalue weighted by Crippen LogP contribution is 2.34. The van der Waals surface area contributed by atoms with Crippen LogP contribution in [-0.4, -0.2) is 10.2 Å². The van der Waals surface area contributed by atoms with Crippen LogP contribution in [0.3, 0.4) is 0 Å². The second-order valence-corrected chi connectivity index (χ2v) is 4.16. The van der Waals surface area contributed by atoms with E-state index in [1.54, 1.807) is 30.3 Å². The molecule has 0 saturated carbocycles. The van der Waals surface area contributed by atoms with Gasteiger partial charge in [0.05, 0.1) is 5.56 Å². The Morgan fingerprint density at radius 3 is 2.15 bits per heavy atom. The van der Waals surface area contributed by atoms with E-state index in [1.165, 1.54) is 6.07 Å². The lowest BCUT2D eigenvalue weighted by molar-refractivity contribution is -0.137. The van der Waals surface area contributed by atoms with E-state index in [2.05, 4.69) is 5.32 Å². The number of anilines is 2. The lowest BCUT2D eigenvalue weighted by atomic mass is 10.1. The second kappa shape index (κ2) is 5.52. The van der Waals surface area contributed by atoms with Crippen LogP contribution < -0.4 is 5.32 Å².